The number of aryl methyl sites for hydroxylation is 1. The predicted molar refractivity (Wildman–Crippen MR) is 144 cm³/mol. The Kier molecular flexibility index (Phi) is 8.92. The molecule has 5 nitrogen and oxygen atoms in total. The number of amides is 1. The number of carbonyl (C=O) groups excluding carboxylic acids is 1. The Labute approximate surface area is 213 Å². The highest BCUT2D eigenvalue weighted by Gasteiger charge is 2.31. The molecule has 0 bridgehead atoms. The molecule has 1 fully saturated rings. The van der Waals surface area contributed by atoms with E-state index in [4.69, 9.17) is 9.47 Å². The number of nitrogens with one attached hydrogen (secondary N) is 1. The minimum atomic E-state index is -0.0478. The van der Waals surface area contributed by atoms with Crippen molar-refractivity contribution >= 4 is 11.5 Å². The molecule has 1 aromatic heterocycles. The first-order valence-corrected chi connectivity index (χ1v) is 12.5. The summed E-state index contributed by atoms with van der Waals surface area (Å²) in [5.41, 5.74) is 4.34. The Balaban J connectivity index is 1.42. The number of carbonyl (C=O) groups is 1. The predicted octanol–water partition coefficient (Wildman–Crippen LogP) is 6.00. The van der Waals surface area contributed by atoms with E-state index in [2.05, 4.69) is 16.4 Å². The summed E-state index contributed by atoms with van der Waals surface area (Å²) in [6, 6.07) is 20.2. The summed E-state index contributed by atoms with van der Waals surface area (Å²) in [4.78, 5) is 17.0. The highest BCUT2D eigenvalue weighted by Crippen LogP contribution is 2.34. The van der Waals surface area contributed by atoms with Crippen molar-refractivity contribution in [1.29, 1.82) is 0 Å². The van der Waals surface area contributed by atoms with E-state index in [0.29, 0.717) is 5.92 Å². The van der Waals surface area contributed by atoms with E-state index in [1.807, 2.05) is 72.9 Å². The van der Waals surface area contributed by atoms with Crippen molar-refractivity contribution in [3.05, 3.63) is 108 Å². The number of rotatable bonds is 12. The minimum Gasteiger partial charge on any atom is -0.497 e. The van der Waals surface area contributed by atoms with Crippen LogP contribution < -0.4 is 14.8 Å². The van der Waals surface area contributed by atoms with Gasteiger partial charge in [-0.1, -0.05) is 42.5 Å². The lowest BCUT2D eigenvalue weighted by Gasteiger charge is -2.17. The Morgan fingerprint density at radius 3 is 2.17 bits per heavy atom. The van der Waals surface area contributed by atoms with Crippen molar-refractivity contribution in [2.45, 2.75) is 38.1 Å². The number of hydrogen-bond donors (Lipinski definition) is 1. The van der Waals surface area contributed by atoms with E-state index in [1.54, 1.807) is 26.5 Å². The van der Waals surface area contributed by atoms with Gasteiger partial charge in [-0.2, -0.15) is 0 Å². The number of aromatic nitrogens is 1. The molecule has 1 amide bonds. The highest BCUT2D eigenvalue weighted by atomic mass is 16.5. The smallest absolute Gasteiger partial charge is 0.244 e. The SMILES string of the molecule is COc1ccc(C(=C/C=C/C(=O)N[C@H](CCCc2cccnc2)C2CC2)c2ccc(OC)cc2)cc1. The van der Waals surface area contributed by atoms with Crippen molar-refractivity contribution < 1.29 is 14.3 Å². The molecule has 1 saturated carbocycles. The summed E-state index contributed by atoms with van der Waals surface area (Å²) in [5, 5.41) is 3.24. The third-order valence-electron chi connectivity index (χ3n) is 6.53. The molecule has 2 aromatic carbocycles. The quantitative estimate of drug-likeness (QED) is 0.254. The van der Waals surface area contributed by atoms with Gasteiger partial charge in [-0.15, -0.1) is 0 Å². The maximum atomic E-state index is 12.8. The number of ether oxygens (including phenoxy) is 2. The highest BCUT2D eigenvalue weighted by molar-refractivity contribution is 5.89. The maximum absolute atomic E-state index is 12.8. The fourth-order valence-corrected chi connectivity index (χ4v) is 4.36. The lowest BCUT2D eigenvalue weighted by atomic mass is 9.97. The molecule has 1 aliphatic rings. The molecule has 1 aliphatic carbocycles. The first kappa shape index (κ1) is 25.2. The first-order valence-electron chi connectivity index (χ1n) is 12.5. The molecule has 3 aromatic rings. The van der Waals surface area contributed by atoms with Crippen LogP contribution in [0.1, 0.15) is 42.4 Å². The number of hydrogen-bond acceptors (Lipinski definition) is 4. The number of methoxy groups -OCH3 is 2. The number of pyridine rings is 1. The molecule has 1 heterocycles. The van der Waals surface area contributed by atoms with Gasteiger partial charge in [0.05, 0.1) is 14.2 Å². The Bertz CT molecular complexity index is 1120. The molecule has 0 radical (unpaired) electrons. The number of nitrogens with zero attached hydrogens (tertiary/aromatic N) is 1. The molecule has 0 saturated heterocycles. The Morgan fingerprint density at radius 1 is 1.00 bits per heavy atom. The van der Waals surface area contributed by atoms with Gasteiger partial charge < -0.3 is 14.8 Å². The van der Waals surface area contributed by atoms with E-state index < -0.39 is 0 Å². The van der Waals surface area contributed by atoms with Crippen LogP contribution in [0.4, 0.5) is 0 Å². The lowest BCUT2D eigenvalue weighted by molar-refractivity contribution is -0.117. The zero-order chi connectivity index (χ0) is 25.2. The molecular weight excluding hydrogens is 448 g/mol. The zero-order valence-corrected chi connectivity index (χ0v) is 21.0. The Morgan fingerprint density at radius 2 is 1.64 bits per heavy atom. The van der Waals surface area contributed by atoms with E-state index >= 15 is 0 Å². The van der Waals surface area contributed by atoms with Gasteiger partial charge in [-0.05, 0) is 90.6 Å². The van der Waals surface area contributed by atoms with Gasteiger partial charge in [0.2, 0.25) is 5.91 Å². The van der Waals surface area contributed by atoms with Crippen LogP contribution in [0.3, 0.4) is 0 Å². The lowest BCUT2D eigenvalue weighted by Crippen LogP contribution is -2.35. The summed E-state index contributed by atoms with van der Waals surface area (Å²) in [6.45, 7) is 0. The van der Waals surface area contributed by atoms with Crippen molar-refractivity contribution in [2.24, 2.45) is 5.92 Å². The van der Waals surface area contributed by atoms with Crippen LogP contribution in [-0.4, -0.2) is 31.2 Å². The van der Waals surface area contributed by atoms with Crippen LogP contribution in [0.15, 0.2) is 91.3 Å². The minimum absolute atomic E-state index is 0.0478. The van der Waals surface area contributed by atoms with Gasteiger partial charge in [0.25, 0.3) is 0 Å². The van der Waals surface area contributed by atoms with Crippen LogP contribution in [-0.2, 0) is 11.2 Å². The van der Waals surface area contributed by atoms with Crippen LogP contribution in [0.25, 0.3) is 5.57 Å². The third kappa shape index (κ3) is 7.32. The van der Waals surface area contributed by atoms with E-state index in [1.165, 1.54) is 18.4 Å². The van der Waals surface area contributed by atoms with E-state index in [-0.39, 0.29) is 11.9 Å². The normalized spacial score (nSPS) is 13.7. The maximum Gasteiger partial charge on any atom is 0.244 e. The van der Waals surface area contributed by atoms with Gasteiger partial charge >= 0.3 is 0 Å². The summed E-state index contributed by atoms with van der Waals surface area (Å²) in [5.74, 6) is 2.16. The van der Waals surface area contributed by atoms with Gasteiger partial charge in [0.15, 0.2) is 0 Å². The van der Waals surface area contributed by atoms with E-state index in [9.17, 15) is 4.79 Å². The zero-order valence-electron chi connectivity index (χ0n) is 21.0. The van der Waals surface area contributed by atoms with Gasteiger partial charge in [-0.25, -0.2) is 0 Å². The average molecular weight is 483 g/mol. The van der Waals surface area contributed by atoms with Gasteiger partial charge in [0, 0.05) is 24.5 Å². The van der Waals surface area contributed by atoms with Gasteiger partial charge in [-0.3, -0.25) is 9.78 Å². The second-order valence-electron chi connectivity index (χ2n) is 9.10. The average Bonchev–Trinajstić information content (AvgIpc) is 3.77. The summed E-state index contributed by atoms with van der Waals surface area (Å²) < 4.78 is 10.6. The molecule has 0 aliphatic heterocycles. The van der Waals surface area contributed by atoms with Crippen molar-refractivity contribution in [3.8, 4) is 11.5 Å². The second-order valence-corrected chi connectivity index (χ2v) is 9.10. The second kappa shape index (κ2) is 12.7. The summed E-state index contributed by atoms with van der Waals surface area (Å²) in [6.07, 6.45) is 14.6. The summed E-state index contributed by atoms with van der Waals surface area (Å²) in [7, 11) is 3.31. The third-order valence-corrected chi connectivity index (χ3v) is 6.53. The largest absolute Gasteiger partial charge is 0.497 e. The molecule has 4 rings (SSSR count). The fraction of sp³-hybridized carbons (Fsp3) is 0.290. The molecule has 186 valence electrons. The first-order chi connectivity index (χ1) is 17.7. The van der Waals surface area contributed by atoms with Crippen molar-refractivity contribution in [3.63, 3.8) is 0 Å². The van der Waals surface area contributed by atoms with Crippen LogP contribution in [0, 0.1) is 5.92 Å². The van der Waals surface area contributed by atoms with E-state index in [0.717, 1.165) is 47.5 Å². The number of benzene rings is 2. The Hall–Kier alpha value is -3.86. The van der Waals surface area contributed by atoms with Crippen LogP contribution >= 0.6 is 0 Å². The summed E-state index contributed by atoms with van der Waals surface area (Å²) >= 11 is 0. The molecular formula is C31H34N2O3. The standard InChI is InChI=1S/C31H34N2O3/c1-35-27-17-13-24(14-18-27)29(25-15-19-28(36-2)20-16-25)8-4-10-31(34)33-30(26-11-12-26)9-3-6-23-7-5-21-32-22-23/h4-5,7-8,10,13-22,26,30H,3,6,9,11-12H2,1-2H3,(H,33,34)/b10-4+/t30-/m1/s1. The molecule has 1 N–H and O–H groups in total. The number of allylic oxidation sites excluding steroid dienone is 2. The molecule has 1 atom stereocenters. The molecule has 5 heteroatoms. The monoisotopic (exact) mass is 482 g/mol. The fourth-order valence-electron chi connectivity index (χ4n) is 4.36. The van der Waals surface area contributed by atoms with Crippen molar-refractivity contribution in [1.82, 2.24) is 10.3 Å². The topological polar surface area (TPSA) is 60.5 Å². The molecule has 36 heavy (non-hydrogen) atoms. The van der Waals surface area contributed by atoms with Crippen LogP contribution in [0.5, 0.6) is 11.5 Å². The molecule has 0 unspecified atom stereocenters. The van der Waals surface area contributed by atoms with Crippen LogP contribution in [0.2, 0.25) is 0 Å². The molecule has 0 spiro atoms. The van der Waals surface area contributed by atoms with Crippen molar-refractivity contribution in [2.75, 3.05) is 14.2 Å². The van der Waals surface area contributed by atoms with Gasteiger partial charge in [0.1, 0.15) is 11.5 Å².